The highest BCUT2D eigenvalue weighted by Gasteiger charge is 2.26. The number of hydrogen-bond donors (Lipinski definition) is 1. The Kier molecular flexibility index (Phi) is 3.28. The van der Waals surface area contributed by atoms with Crippen LogP contribution in [-0.2, 0) is 4.79 Å². The minimum absolute atomic E-state index is 0.0556. The Morgan fingerprint density at radius 1 is 1.64 bits per heavy atom. The Labute approximate surface area is 68.2 Å². The Morgan fingerprint density at radius 3 is 2.36 bits per heavy atom. The van der Waals surface area contributed by atoms with Crippen molar-refractivity contribution in [1.82, 2.24) is 0 Å². The molecule has 0 aliphatic rings. The summed E-state index contributed by atoms with van der Waals surface area (Å²) in [6.45, 7) is 5.77. The second-order valence-electron chi connectivity index (χ2n) is 3.69. The molecule has 0 heterocycles. The molecular weight excluding hydrogens is 138 g/mol. The van der Waals surface area contributed by atoms with E-state index in [-0.39, 0.29) is 17.6 Å². The number of nitrogens with two attached hydrogens (primary N) is 1. The van der Waals surface area contributed by atoms with E-state index < -0.39 is 6.04 Å². The lowest BCUT2D eigenvalue weighted by Crippen LogP contribution is -2.41. The summed E-state index contributed by atoms with van der Waals surface area (Å²) in [5.74, 6) is 2.24. The standard InChI is InChI=1S/C9H15NO/c1-5-6-7(11)8(10)9(2,3)4/h1,8H,6,10H2,2-4H3. The fraction of sp³-hybridized carbons (Fsp3) is 0.667. The fourth-order valence-electron chi connectivity index (χ4n) is 0.694. The van der Waals surface area contributed by atoms with Crippen LogP contribution in [0.5, 0.6) is 0 Å². The molecule has 0 aromatic carbocycles. The van der Waals surface area contributed by atoms with Crippen LogP contribution in [0.25, 0.3) is 0 Å². The van der Waals surface area contributed by atoms with Crippen molar-refractivity contribution in [3.8, 4) is 12.3 Å². The summed E-state index contributed by atoms with van der Waals surface area (Å²) in [5, 5.41) is 0. The normalized spacial score (nSPS) is 13.7. The molecule has 0 rings (SSSR count). The van der Waals surface area contributed by atoms with Gasteiger partial charge in [-0.15, -0.1) is 6.42 Å². The van der Waals surface area contributed by atoms with Crippen molar-refractivity contribution in [3.63, 3.8) is 0 Å². The monoisotopic (exact) mass is 153 g/mol. The van der Waals surface area contributed by atoms with Gasteiger partial charge < -0.3 is 5.73 Å². The smallest absolute Gasteiger partial charge is 0.161 e. The van der Waals surface area contributed by atoms with Gasteiger partial charge in [0.05, 0.1) is 12.5 Å². The van der Waals surface area contributed by atoms with Crippen LogP contribution in [0.2, 0.25) is 0 Å². The van der Waals surface area contributed by atoms with Crippen LogP contribution >= 0.6 is 0 Å². The highest BCUT2D eigenvalue weighted by molar-refractivity contribution is 5.86. The Bertz CT molecular complexity index is 183. The molecular formula is C9H15NO. The summed E-state index contributed by atoms with van der Waals surface area (Å²) in [7, 11) is 0. The summed E-state index contributed by atoms with van der Waals surface area (Å²) in [5.41, 5.74) is 5.45. The number of ketones is 1. The Morgan fingerprint density at radius 2 is 2.09 bits per heavy atom. The van der Waals surface area contributed by atoms with Crippen LogP contribution in [0, 0.1) is 17.8 Å². The van der Waals surface area contributed by atoms with Gasteiger partial charge in [0.25, 0.3) is 0 Å². The van der Waals surface area contributed by atoms with Crippen LogP contribution in [0.4, 0.5) is 0 Å². The average Bonchev–Trinajstić information content (AvgIpc) is 1.85. The van der Waals surface area contributed by atoms with Gasteiger partial charge in [-0.2, -0.15) is 0 Å². The van der Waals surface area contributed by atoms with E-state index in [1.165, 1.54) is 0 Å². The molecule has 0 aliphatic carbocycles. The summed E-state index contributed by atoms with van der Waals surface area (Å²) < 4.78 is 0. The minimum Gasteiger partial charge on any atom is -0.321 e. The second-order valence-corrected chi connectivity index (χ2v) is 3.69. The molecule has 0 fully saturated rings. The van der Waals surface area contributed by atoms with Crippen molar-refractivity contribution in [2.24, 2.45) is 11.1 Å². The van der Waals surface area contributed by atoms with Crippen molar-refractivity contribution < 1.29 is 4.79 Å². The van der Waals surface area contributed by atoms with Gasteiger partial charge >= 0.3 is 0 Å². The molecule has 1 atom stereocenters. The molecule has 0 aromatic heterocycles. The first-order valence-corrected chi connectivity index (χ1v) is 3.61. The lowest BCUT2D eigenvalue weighted by molar-refractivity contribution is -0.121. The van der Waals surface area contributed by atoms with Gasteiger partial charge in [-0.05, 0) is 5.41 Å². The maximum Gasteiger partial charge on any atom is 0.161 e. The predicted octanol–water partition coefficient (Wildman–Crippen LogP) is 0.952. The predicted molar refractivity (Wildman–Crippen MR) is 45.9 cm³/mol. The molecule has 0 saturated carbocycles. The third-order valence-electron chi connectivity index (χ3n) is 1.56. The van der Waals surface area contributed by atoms with Crippen molar-refractivity contribution in [2.45, 2.75) is 33.2 Å². The molecule has 0 amide bonds. The van der Waals surface area contributed by atoms with Gasteiger partial charge in [0, 0.05) is 0 Å². The zero-order chi connectivity index (χ0) is 9.07. The quantitative estimate of drug-likeness (QED) is 0.600. The van der Waals surface area contributed by atoms with Crippen LogP contribution in [0.1, 0.15) is 27.2 Å². The molecule has 0 bridgehead atoms. The maximum absolute atomic E-state index is 11.1. The van der Waals surface area contributed by atoms with E-state index in [0.717, 1.165) is 0 Å². The number of carbonyl (C=O) groups is 1. The molecule has 11 heavy (non-hydrogen) atoms. The molecule has 0 radical (unpaired) electrons. The largest absolute Gasteiger partial charge is 0.321 e. The first kappa shape index (κ1) is 10.2. The maximum atomic E-state index is 11.1. The molecule has 0 aliphatic heterocycles. The second kappa shape index (κ2) is 3.54. The number of Topliss-reactive ketones (excluding diaryl/α,β-unsaturated/α-hetero) is 1. The van der Waals surface area contributed by atoms with E-state index >= 15 is 0 Å². The molecule has 2 nitrogen and oxygen atoms in total. The van der Waals surface area contributed by atoms with Crippen LogP contribution in [-0.4, -0.2) is 11.8 Å². The molecule has 2 N–H and O–H groups in total. The molecule has 0 spiro atoms. The highest BCUT2D eigenvalue weighted by atomic mass is 16.1. The lowest BCUT2D eigenvalue weighted by atomic mass is 9.84. The van der Waals surface area contributed by atoms with E-state index in [4.69, 9.17) is 12.2 Å². The first-order valence-electron chi connectivity index (χ1n) is 3.61. The van der Waals surface area contributed by atoms with Crippen LogP contribution < -0.4 is 5.73 Å². The summed E-state index contributed by atoms with van der Waals surface area (Å²) >= 11 is 0. The van der Waals surface area contributed by atoms with E-state index in [0.29, 0.717) is 0 Å². The zero-order valence-electron chi connectivity index (χ0n) is 7.35. The van der Waals surface area contributed by atoms with Gasteiger partial charge in [-0.1, -0.05) is 26.7 Å². The van der Waals surface area contributed by atoms with Gasteiger partial charge in [-0.3, -0.25) is 4.79 Å². The number of rotatable bonds is 2. The molecule has 0 saturated heterocycles. The van der Waals surface area contributed by atoms with E-state index in [1.54, 1.807) is 0 Å². The van der Waals surface area contributed by atoms with Gasteiger partial charge in [0.15, 0.2) is 5.78 Å². The van der Waals surface area contributed by atoms with Gasteiger partial charge in [-0.25, -0.2) is 0 Å². The Balaban J connectivity index is 4.17. The van der Waals surface area contributed by atoms with Gasteiger partial charge in [0.2, 0.25) is 0 Å². The zero-order valence-corrected chi connectivity index (χ0v) is 7.35. The van der Waals surface area contributed by atoms with Crippen LogP contribution in [0.3, 0.4) is 0 Å². The van der Waals surface area contributed by atoms with E-state index in [1.807, 2.05) is 20.8 Å². The summed E-state index contributed by atoms with van der Waals surface area (Å²) in [6, 6.07) is -0.446. The SMILES string of the molecule is C#CCC(=O)C(N)C(C)(C)C. The summed E-state index contributed by atoms with van der Waals surface area (Å²) in [6.07, 6.45) is 5.12. The molecule has 2 heteroatoms. The van der Waals surface area contributed by atoms with Crippen molar-refractivity contribution in [3.05, 3.63) is 0 Å². The number of carbonyl (C=O) groups excluding carboxylic acids is 1. The topological polar surface area (TPSA) is 43.1 Å². The van der Waals surface area contributed by atoms with E-state index in [2.05, 4.69) is 5.92 Å². The lowest BCUT2D eigenvalue weighted by Gasteiger charge is -2.24. The van der Waals surface area contributed by atoms with Gasteiger partial charge in [0.1, 0.15) is 0 Å². The molecule has 0 aromatic rings. The van der Waals surface area contributed by atoms with Crippen molar-refractivity contribution >= 4 is 5.78 Å². The molecule has 62 valence electrons. The molecule has 1 unspecified atom stereocenters. The third kappa shape index (κ3) is 3.20. The average molecular weight is 153 g/mol. The third-order valence-corrected chi connectivity index (χ3v) is 1.56. The summed E-state index contributed by atoms with van der Waals surface area (Å²) in [4.78, 5) is 11.1. The Hall–Kier alpha value is -0.810. The van der Waals surface area contributed by atoms with Crippen molar-refractivity contribution in [1.29, 1.82) is 0 Å². The number of terminal acetylenes is 1. The van der Waals surface area contributed by atoms with Crippen LogP contribution in [0.15, 0.2) is 0 Å². The fourth-order valence-corrected chi connectivity index (χ4v) is 0.694. The number of hydrogen-bond acceptors (Lipinski definition) is 2. The van der Waals surface area contributed by atoms with E-state index in [9.17, 15) is 4.79 Å². The highest BCUT2D eigenvalue weighted by Crippen LogP contribution is 2.18. The first-order chi connectivity index (χ1) is 4.89. The minimum atomic E-state index is -0.446. The van der Waals surface area contributed by atoms with Crippen molar-refractivity contribution in [2.75, 3.05) is 0 Å².